The highest BCUT2D eigenvalue weighted by Crippen LogP contribution is 2.34. The maximum absolute atomic E-state index is 12.4. The van der Waals surface area contributed by atoms with E-state index in [-0.39, 0.29) is 12.0 Å². The third kappa shape index (κ3) is 1.98. The van der Waals surface area contributed by atoms with E-state index in [9.17, 15) is 4.79 Å². The predicted molar refractivity (Wildman–Crippen MR) is 76.1 cm³/mol. The predicted octanol–water partition coefficient (Wildman–Crippen LogP) is 1.45. The van der Waals surface area contributed by atoms with Crippen LogP contribution in [0.5, 0.6) is 0 Å². The molecule has 0 radical (unpaired) electrons. The molecular weight excluding hydrogens is 252 g/mol. The minimum Gasteiger partial charge on any atom is -0.340 e. The van der Waals surface area contributed by atoms with Crippen molar-refractivity contribution >= 4 is 16.9 Å². The first-order valence-corrected chi connectivity index (χ1v) is 7.29. The lowest BCUT2D eigenvalue weighted by molar-refractivity contribution is -0.136. The number of carbonyl (C=O) groups is 1. The molecule has 2 aliphatic rings. The van der Waals surface area contributed by atoms with Gasteiger partial charge in [-0.2, -0.15) is 0 Å². The second-order valence-corrected chi connectivity index (χ2v) is 5.67. The second kappa shape index (κ2) is 4.59. The van der Waals surface area contributed by atoms with Crippen molar-refractivity contribution in [2.24, 2.45) is 5.92 Å². The highest BCUT2D eigenvalue weighted by atomic mass is 16.2. The third-order valence-corrected chi connectivity index (χ3v) is 4.18. The van der Waals surface area contributed by atoms with E-state index < -0.39 is 0 Å². The molecule has 2 heterocycles. The van der Waals surface area contributed by atoms with Crippen molar-refractivity contribution in [3.63, 3.8) is 0 Å². The van der Waals surface area contributed by atoms with Crippen molar-refractivity contribution in [3.8, 4) is 0 Å². The number of aromatic amines is 1. The van der Waals surface area contributed by atoms with E-state index in [1.165, 1.54) is 0 Å². The van der Waals surface area contributed by atoms with E-state index in [2.05, 4.69) is 15.3 Å². The molecule has 2 aromatic rings. The van der Waals surface area contributed by atoms with Crippen molar-refractivity contribution < 1.29 is 4.79 Å². The molecule has 1 saturated heterocycles. The molecule has 1 aromatic heterocycles. The monoisotopic (exact) mass is 270 g/mol. The summed E-state index contributed by atoms with van der Waals surface area (Å²) in [6.07, 6.45) is 2.10. The lowest BCUT2D eigenvalue weighted by atomic mass is 10.1. The lowest BCUT2D eigenvalue weighted by Crippen LogP contribution is -2.49. The molecule has 1 atom stereocenters. The molecule has 1 amide bonds. The number of benzene rings is 1. The Bertz CT molecular complexity index is 613. The minimum atomic E-state index is 0.0317. The van der Waals surface area contributed by atoms with Crippen molar-refractivity contribution in [1.82, 2.24) is 20.2 Å². The van der Waals surface area contributed by atoms with Gasteiger partial charge in [0, 0.05) is 25.6 Å². The van der Waals surface area contributed by atoms with E-state index in [1.807, 2.05) is 29.2 Å². The number of hydrogen-bond acceptors (Lipinski definition) is 3. The number of para-hydroxylation sites is 2. The number of piperazine rings is 1. The molecule has 104 valence electrons. The van der Waals surface area contributed by atoms with Crippen LogP contribution in [0.1, 0.15) is 24.7 Å². The first kappa shape index (κ1) is 11.9. The Morgan fingerprint density at radius 2 is 2.15 bits per heavy atom. The van der Waals surface area contributed by atoms with E-state index in [1.54, 1.807) is 0 Å². The highest BCUT2D eigenvalue weighted by Gasteiger charge is 2.38. The molecule has 1 aliphatic carbocycles. The van der Waals surface area contributed by atoms with Gasteiger partial charge in [0.1, 0.15) is 11.9 Å². The van der Waals surface area contributed by atoms with E-state index in [0.717, 1.165) is 49.3 Å². The molecular formula is C15H18N4O. The lowest BCUT2D eigenvalue weighted by Gasteiger charge is -2.35. The molecule has 5 heteroatoms. The maximum Gasteiger partial charge on any atom is 0.226 e. The molecule has 0 bridgehead atoms. The first-order chi connectivity index (χ1) is 9.83. The summed E-state index contributed by atoms with van der Waals surface area (Å²) in [7, 11) is 0. The van der Waals surface area contributed by atoms with E-state index in [4.69, 9.17) is 0 Å². The molecule has 5 nitrogen and oxygen atoms in total. The molecule has 2 N–H and O–H groups in total. The highest BCUT2D eigenvalue weighted by molar-refractivity contribution is 5.82. The largest absolute Gasteiger partial charge is 0.340 e. The van der Waals surface area contributed by atoms with Crippen molar-refractivity contribution in [1.29, 1.82) is 0 Å². The van der Waals surface area contributed by atoms with Gasteiger partial charge in [0.15, 0.2) is 0 Å². The molecule has 1 saturated carbocycles. The molecule has 1 aromatic carbocycles. The number of amides is 1. The number of imidazole rings is 1. The third-order valence-electron chi connectivity index (χ3n) is 4.18. The average Bonchev–Trinajstić information content (AvgIpc) is 3.25. The van der Waals surface area contributed by atoms with Gasteiger partial charge >= 0.3 is 0 Å². The van der Waals surface area contributed by atoms with Gasteiger partial charge in [0.05, 0.1) is 11.0 Å². The Balaban J connectivity index is 1.68. The first-order valence-electron chi connectivity index (χ1n) is 7.29. The summed E-state index contributed by atoms with van der Waals surface area (Å²) in [6.45, 7) is 2.42. The summed E-state index contributed by atoms with van der Waals surface area (Å²) in [5.74, 6) is 1.46. The summed E-state index contributed by atoms with van der Waals surface area (Å²) in [5, 5.41) is 3.37. The van der Waals surface area contributed by atoms with Gasteiger partial charge in [0.25, 0.3) is 0 Å². The van der Waals surface area contributed by atoms with Crippen LogP contribution in [0.3, 0.4) is 0 Å². The maximum atomic E-state index is 12.4. The van der Waals surface area contributed by atoms with Crippen LogP contribution in [0.15, 0.2) is 24.3 Å². The van der Waals surface area contributed by atoms with Gasteiger partial charge in [-0.25, -0.2) is 4.98 Å². The smallest absolute Gasteiger partial charge is 0.226 e. The number of fused-ring (bicyclic) bond motifs is 1. The molecule has 2 fully saturated rings. The molecule has 1 aliphatic heterocycles. The quantitative estimate of drug-likeness (QED) is 0.868. The normalized spacial score (nSPS) is 23.2. The number of rotatable bonds is 2. The summed E-state index contributed by atoms with van der Waals surface area (Å²) in [6, 6.07) is 8.04. The average molecular weight is 270 g/mol. The SMILES string of the molecule is O=C(C1CC1)N1CCNCC1c1nc2ccccc2[nH]1. The number of hydrogen-bond donors (Lipinski definition) is 2. The topological polar surface area (TPSA) is 61.0 Å². The second-order valence-electron chi connectivity index (χ2n) is 5.67. The van der Waals surface area contributed by atoms with Crippen LogP contribution in [-0.4, -0.2) is 40.4 Å². The zero-order chi connectivity index (χ0) is 13.5. The fourth-order valence-corrected chi connectivity index (χ4v) is 2.91. The van der Waals surface area contributed by atoms with Crippen molar-refractivity contribution in [2.45, 2.75) is 18.9 Å². The van der Waals surface area contributed by atoms with Crippen LogP contribution in [0, 0.1) is 5.92 Å². The number of nitrogens with zero attached hydrogens (tertiary/aromatic N) is 2. The molecule has 20 heavy (non-hydrogen) atoms. The summed E-state index contributed by atoms with van der Waals surface area (Å²) >= 11 is 0. The van der Waals surface area contributed by atoms with Crippen LogP contribution >= 0.6 is 0 Å². The van der Waals surface area contributed by atoms with Crippen LogP contribution in [0.25, 0.3) is 11.0 Å². The zero-order valence-electron chi connectivity index (χ0n) is 11.3. The fourth-order valence-electron chi connectivity index (χ4n) is 2.91. The Kier molecular flexibility index (Phi) is 2.73. The van der Waals surface area contributed by atoms with Crippen LogP contribution in [0.4, 0.5) is 0 Å². The van der Waals surface area contributed by atoms with Gasteiger partial charge in [-0.1, -0.05) is 12.1 Å². The Morgan fingerprint density at radius 3 is 2.95 bits per heavy atom. The molecule has 0 spiro atoms. The van der Waals surface area contributed by atoms with Crippen LogP contribution in [-0.2, 0) is 4.79 Å². The molecule has 4 rings (SSSR count). The standard InChI is InChI=1S/C15H18N4O/c20-15(10-5-6-10)19-8-7-16-9-13(19)14-17-11-3-1-2-4-12(11)18-14/h1-4,10,13,16H,5-9H2,(H,17,18). The summed E-state index contributed by atoms with van der Waals surface area (Å²) < 4.78 is 0. The zero-order valence-corrected chi connectivity index (χ0v) is 11.3. The summed E-state index contributed by atoms with van der Waals surface area (Å²) in [4.78, 5) is 22.4. The Morgan fingerprint density at radius 1 is 1.30 bits per heavy atom. The number of carbonyl (C=O) groups excluding carboxylic acids is 1. The number of aromatic nitrogens is 2. The summed E-state index contributed by atoms with van der Waals surface area (Å²) in [5.41, 5.74) is 2.00. The minimum absolute atomic E-state index is 0.0317. The van der Waals surface area contributed by atoms with Crippen LogP contribution < -0.4 is 5.32 Å². The van der Waals surface area contributed by atoms with Gasteiger partial charge < -0.3 is 15.2 Å². The van der Waals surface area contributed by atoms with Gasteiger partial charge in [-0.3, -0.25) is 4.79 Å². The van der Waals surface area contributed by atoms with Gasteiger partial charge in [0.2, 0.25) is 5.91 Å². The van der Waals surface area contributed by atoms with Crippen molar-refractivity contribution in [3.05, 3.63) is 30.1 Å². The van der Waals surface area contributed by atoms with Crippen LogP contribution in [0.2, 0.25) is 0 Å². The van der Waals surface area contributed by atoms with E-state index in [0.29, 0.717) is 5.91 Å². The number of nitrogens with one attached hydrogen (secondary N) is 2. The van der Waals surface area contributed by atoms with Gasteiger partial charge in [-0.15, -0.1) is 0 Å². The Labute approximate surface area is 117 Å². The van der Waals surface area contributed by atoms with E-state index >= 15 is 0 Å². The van der Waals surface area contributed by atoms with Gasteiger partial charge in [-0.05, 0) is 25.0 Å². The number of H-pyrrole nitrogens is 1. The molecule has 1 unspecified atom stereocenters. The fraction of sp³-hybridized carbons (Fsp3) is 0.467. The Hall–Kier alpha value is -1.88. The van der Waals surface area contributed by atoms with Crippen molar-refractivity contribution in [2.75, 3.05) is 19.6 Å².